The van der Waals surface area contributed by atoms with Crippen molar-refractivity contribution < 1.29 is 4.42 Å². The zero-order valence-electron chi connectivity index (χ0n) is 19.1. The molecule has 0 bridgehead atoms. The summed E-state index contributed by atoms with van der Waals surface area (Å²) in [6.45, 7) is 11.2. The van der Waals surface area contributed by atoms with Crippen molar-refractivity contribution in [3.05, 3.63) is 64.6 Å². The minimum atomic E-state index is -0.197. The fraction of sp³-hybridized carbons (Fsp3) is 0.286. The molecule has 1 N–H and O–H groups in total. The van der Waals surface area contributed by atoms with E-state index in [1.54, 1.807) is 0 Å². The molecule has 0 saturated heterocycles. The Morgan fingerprint density at radius 3 is 1.97 bits per heavy atom. The third kappa shape index (κ3) is 3.50. The van der Waals surface area contributed by atoms with Gasteiger partial charge in [-0.05, 0) is 48.8 Å². The lowest BCUT2D eigenvalue weighted by molar-refractivity contribution is 0.299. The molecular weight excluding hydrogens is 437 g/mol. The SMILES string of the molecule is CC(C)(C)CC(C)(C)Nc1oc2c(c1-c1c(Cl)cccc1Cl)-c1cccc3cccc-2c13. The minimum Gasteiger partial charge on any atom is -0.439 e. The molecule has 4 heteroatoms. The van der Waals surface area contributed by atoms with Crippen LogP contribution in [0.15, 0.2) is 59.0 Å². The van der Waals surface area contributed by atoms with Gasteiger partial charge in [-0.1, -0.05) is 86.4 Å². The number of hydrogen-bond acceptors (Lipinski definition) is 2. The summed E-state index contributed by atoms with van der Waals surface area (Å²) in [5.74, 6) is 1.59. The van der Waals surface area contributed by atoms with Gasteiger partial charge in [0.1, 0.15) is 5.76 Å². The summed E-state index contributed by atoms with van der Waals surface area (Å²) in [4.78, 5) is 0. The second kappa shape index (κ2) is 7.30. The molecule has 1 heterocycles. The summed E-state index contributed by atoms with van der Waals surface area (Å²) in [7, 11) is 0. The van der Waals surface area contributed by atoms with Crippen LogP contribution in [0.3, 0.4) is 0 Å². The highest BCUT2D eigenvalue weighted by atomic mass is 35.5. The van der Waals surface area contributed by atoms with Crippen molar-refractivity contribution >= 4 is 39.9 Å². The lowest BCUT2D eigenvalue weighted by Crippen LogP contribution is -2.35. The van der Waals surface area contributed by atoms with Gasteiger partial charge in [0, 0.05) is 27.6 Å². The Labute approximate surface area is 199 Å². The van der Waals surface area contributed by atoms with Crippen LogP contribution in [0.2, 0.25) is 10.0 Å². The summed E-state index contributed by atoms with van der Waals surface area (Å²) in [6.07, 6.45) is 0.966. The molecule has 0 fully saturated rings. The molecule has 1 aliphatic rings. The fourth-order valence-electron chi connectivity index (χ4n) is 5.36. The maximum absolute atomic E-state index is 6.73. The number of halogens is 2. The normalized spacial score (nSPS) is 13.0. The molecule has 0 atom stereocenters. The third-order valence-corrected chi connectivity index (χ3v) is 6.59. The molecule has 3 aromatic carbocycles. The Balaban J connectivity index is 1.79. The Kier molecular flexibility index (Phi) is 4.89. The average molecular weight is 464 g/mol. The van der Waals surface area contributed by atoms with Gasteiger partial charge >= 0.3 is 0 Å². The summed E-state index contributed by atoms with van der Waals surface area (Å²) < 4.78 is 6.62. The highest BCUT2D eigenvalue weighted by molar-refractivity contribution is 6.40. The van der Waals surface area contributed by atoms with E-state index in [1.165, 1.54) is 10.8 Å². The zero-order chi connectivity index (χ0) is 22.8. The lowest BCUT2D eigenvalue weighted by Gasteiger charge is -2.33. The van der Waals surface area contributed by atoms with Crippen LogP contribution in [0.5, 0.6) is 0 Å². The first kappa shape index (κ1) is 21.4. The zero-order valence-corrected chi connectivity index (χ0v) is 20.6. The van der Waals surface area contributed by atoms with Crippen LogP contribution in [-0.4, -0.2) is 5.54 Å². The standard InChI is InChI=1S/C28H27Cl2NO/c1-27(2,3)15-28(4,5)31-26-24(23-19(29)13-8-14-20(23)30)22-17-11-6-9-16-10-7-12-18(21(16)17)25(22)32-26/h6-14,31H,15H2,1-5H3. The van der Waals surface area contributed by atoms with Gasteiger partial charge in [-0.25, -0.2) is 0 Å². The largest absolute Gasteiger partial charge is 0.439 e. The second-order valence-corrected chi connectivity index (χ2v) is 11.4. The van der Waals surface area contributed by atoms with E-state index in [1.807, 2.05) is 18.2 Å². The smallest absolute Gasteiger partial charge is 0.202 e. The molecule has 0 radical (unpaired) electrons. The number of furan rings is 1. The second-order valence-electron chi connectivity index (χ2n) is 10.6. The van der Waals surface area contributed by atoms with E-state index in [2.05, 4.69) is 76.3 Å². The third-order valence-electron chi connectivity index (χ3n) is 5.96. The van der Waals surface area contributed by atoms with E-state index >= 15 is 0 Å². The fourth-order valence-corrected chi connectivity index (χ4v) is 5.94. The van der Waals surface area contributed by atoms with Crippen molar-refractivity contribution in [3.8, 4) is 33.6 Å². The highest BCUT2D eigenvalue weighted by Crippen LogP contribution is 2.57. The topological polar surface area (TPSA) is 25.2 Å². The van der Waals surface area contributed by atoms with Gasteiger partial charge in [0.15, 0.2) is 0 Å². The maximum atomic E-state index is 6.73. The number of benzene rings is 3. The van der Waals surface area contributed by atoms with E-state index in [0.717, 1.165) is 40.0 Å². The monoisotopic (exact) mass is 463 g/mol. The van der Waals surface area contributed by atoms with Crippen LogP contribution in [0.1, 0.15) is 41.0 Å². The van der Waals surface area contributed by atoms with Gasteiger partial charge in [0.2, 0.25) is 5.88 Å². The van der Waals surface area contributed by atoms with E-state index in [9.17, 15) is 0 Å². The molecule has 2 nitrogen and oxygen atoms in total. The molecule has 1 aromatic heterocycles. The van der Waals surface area contributed by atoms with Crippen LogP contribution in [0.25, 0.3) is 44.3 Å². The Hall–Kier alpha value is -2.42. The first-order valence-electron chi connectivity index (χ1n) is 11.0. The van der Waals surface area contributed by atoms with Crippen molar-refractivity contribution in [3.63, 3.8) is 0 Å². The van der Waals surface area contributed by atoms with Crippen LogP contribution in [-0.2, 0) is 0 Å². The highest BCUT2D eigenvalue weighted by Gasteiger charge is 2.35. The van der Waals surface area contributed by atoms with Gasteiger partial charge in [0.25, 0.3) is 0 Å². The number of anilines is 1. The van der Waals surface area contributed by atoms with E-state index in [4.69, 9.17) is 27.6 Å². The van der Waals surface area contributed by atoms with Crippen LogP contribution in [0, 0.1) is 5.41 Å². The van der Waals surface area contributed by atoms with E-state index in [0.29, 0.717) is 15.9 Å². The quantitative estimate of drug-likeness (QED) is 0.286. The van der Waals surface area contributed by atoms with Gasteiger partial charge in [-0.2, -0.15) is 0 Å². The van der Waals surface area contributed by atoms with Gasteiger partial charge in [-0.15, -0.1) is 0 Å². The van der Waals surface area contributed by atoms with Crippen molar-refractivity contribution in [2.45, 2.75) is 46.6 Å². The molecule has 0 saturated carbocycles. The van der Waals surface area contributed by atoms with Gasteiger partial charge < -0.3 is 9.73 Å². The summed E-state index contributed by atoms with van der Waals surface area (Å²) in [5.41, 5.74) is 5.02. The molecular formula is C28H27Cl2NO. The maximum Gasteiger partial charge on any atom is 0.202 e. The summed E-state index contributed by atoms with van der Waals surface area (Å²) in [5, 5.41) is 7.34. The average Bonchev–Trinajstić information content (AvgIpc) is 3.17. The Morgan fingerprint density at radius 1 is 0.750 bits per heavy atom. The van der Waals surface area contributed by atoms with Crippen LogP contribution in [0.4, 0.5) is 5.88 Å². The van der Waals surface area contributed by atoms with Crippen LogP contribution >= 0.6 is 23.2 Å². The first-order chi connectivity index (χ1) is 15.1. The molecule has 0 aliphatic heterocycles. The molecule has 32 heavy (non-hydrogen) atoms. The molecule has 0 spiro atoms. The van der Waals surface area contributed by atoms with E-state index < -0.39 is 0 Å². The number of hydrogen-bond donors (Lipinski definition) is 1. The number of rotatable bonds is 4. The first-order valence-corrected chi connectivity index (χ1v) is 11.7. The van der Waals surface area contributed by atoms with Crippen LogP contribution < -0.4 is 5.32 Å². The molecule has 5 rings (SSSR count). The number of nitrogens with one attached hydrogen (secondary N) is 1. The Morgan fingerprint density at radius 2 is 1.34 bits per heavy atom. The molecule has 0 unspecified atom stereocenters. The predicted molar refractivity (Wildman–Crippen MR) is 138 cm³/mol. The van der Waals surface area contributed by atoms with Crippen molar-refractivity contribution in [1.82, 2.24) is 0 Å². The van der Waals surface area contributed by atoms with Crippen molar-refractivity contribution in [1.29, 1.82) is 0 Å². The van der Waals surface area contributed by atoms with Gasteiger partial charge in [-0.3, -0.25) is 0 Å². The van der Waals surface area contributed by atoms with E-state index in [-0.39, 0.29) is 11.0 Å². The molecule has 0 amide bonds. The summed E-state index contributed by atoms with van der Waals surface area (Å²) >= 11 is 13.5. The summed E-state index contributed by atoms with van der Waals surface area (Å²) in [6, 6.07) is 18.4. The minimum absolute atomic E-state index is 0.159. The molecule has 4 aromatic rings. The number of fused-ring (bicyclic) bond motifs is 3. The predicted octanol–water partition coefficient (Wildman–Crippen LogP) is 9.68. The van der Waals surface area contributed by atoms with Crippen molar-refractivity contribution in [2.75, 3.05) is 5.32 Å². The molecule has 164 valence electrons. The molecule has 1 aliphatic carbocycles. The van der Waals surface area contributed by atoms with Gasteiger partial charge in [0.05, 0.1) is 15.6 Å². The van der Waals surface area contributed by atoms with Crippen molar-refractivity contribution in [2.24, 2.45) is 5.41 Å². The Bertz CT molecular complexity index is 1330. The lowest BCUT2D eigenvalue weighted by atomic mass is 9.81.